The highest BCUT2D eigenvalue weighted by Gasteiger charge is 2.46. The number of carbonyl (C=O) groups is 1. The lowest BCUT2D eigenvalue weighted by atomic mass is 10.0. The minimum atomic E-state index is -4.44. The quantitative estimate of drug-likeness (QED) is 0.376. The molecule has 0 bridgehead atoms. The average Bonchev–Trinajstić information content (AvgIpc) is 3.81. The Kier molecular flexibility index (Phi) is 4.59. The third-order valence-corrected chi connectivity index (χ3v) is 7.35. The van der Waals surface area contributed by atoms with Gasteiger partial charge in [0.25, 0.3) is 5.91 Å². The second-order valence-corrected chi connectivity index (χ2v) is 9.91. The van der Waals surface area contributed by atoms with Gasteiger partial charge in [-0.1, -0.05) is 18.2 Å². The number of rotatable bonds is 4. The van der Waals surface area contributed by atoms with Crippen molar-refractivity contribution in [1.82, 2.24) is 24.5 Å². The van der Waals surface area contributed by atoms with Crippen LogP contribution in [0.15, 0.2) is 48.7 Å². The molecule has 1 atom stereocenters. The molecule has 2 aliphatic carbocycles. The Morgan fingerprint density at radius 2 is 1.72 bits per heavy atom. The Morgan fingerprint density at radius 3 is 2.42 bits per heavy atom. The molecule has 7 nitrogen and oxygen atoms in total. The van der Waals surface area contributed by atoms with Crippen LogP contribution in [0.2, 0.25) is 0 Å². The highest BCUT2D eigenvalue weighted by Crippen LogP contribution is 2.46. The monoisotopic (exact) mass is 492 g/mol. The van der Waals surface area contributed by atoms with E-state index in [2.05, 4.69) is 5.10 Å². The number of nitrogens with zero attached hydrogens (tertiary/aromatic N) is 6. The van der Waals surface area contributed by atoms with Crippen molar-refractivity contribution >= 4 is 22.8 Å². The Labute approximate surface area is 204 Å². The molecule has 0 spiro atoms. The standard InChI is InChI=1S/C26H23F3N6O/c27-26(28,29)20-11-13-33(21-10-12-30-35(20)21)25(36)18-14-19(15-6-7-15)31-24-22(18)23(16-8-9-16)32-34(24)17-4-2-1-3-5-17/h1-5,10,12,14-16,20H,6-9,11,13H2. The third-order valence-electron chi connectivity index (χ3n) is 7.35. The molecule has 4 heterocycles. The zero-order valence-corrected chi connectivity index (χ0v) is 19.3. The first kappa shape index (κ1) is 21.6. The van der Waals surface area contributed by atoms with Crippen molar-refractivity contribution in [3.8, 4) is 5.69 Å². The number of alkyl halides is 3. The number of para-hydroxylation sites is 1. The second-order valence-electron chi connectivity index (χ2n) is 9.91. The fourth-order valence-electron chi connectivity index (χ4n) is 5.21. The van der Waals surface area contributed by atoms with E-state index in [1.807, 2.05) is 41.1 Å². The molecule has 1 aliphatic heterocycles. The van der Waals surface area contributed by atoms with Crippen LogP contribution in [0.5, 0.6) is 0 Å². The maximum atomic E-state index is 14.1. The molecular weight excluding hydrogens is 469 g/mol. The van der Waals surface area contributed by atoms with Gasteiger partial charge in [0.05, 0.1) is 28.5 Å². The second kappa shape index (κ2) is 7.65. The van der Waals surface area contributed by atoms with Gasteiger partial charge in [0.15, 0.2) is 11.7 Å². The van der Waals surface area contributed by atoms with Gasteiger partial charge in [-0.2, -0.15) is 23.4 Å². The van der Waals surface area contributed by atoms with Gasteiger partial charge in [0, 0.05) is 30.1 Å². The van der Waals surface area contributed by atoms with Crippen LogP contribution in [0.3, 0.4) is 0 Å². The van der Waals surface area contributed by atoms with E-state index in [1.165, 1.54) is 17.2 Å². The van der Waals surface area contributed by atoms with E-state index in [9.17, 15) is 18.0 Å². The summed E-state index contributed by atoms with van der Waals surface area (Å²) in [5.41, 5.74) is 3.63. The van der Waals surface area contributed by atoms with E-state index >= 15 is 0 Å². The average molecular weight is 493 g/mol. The SMILES string of the molecule is O=C(c1cc(C2CC2)nc2c1c(C1CC1)nn2-c1ccccc1)N1CCC(C(F)(F)F)n2nccc21. The molecule has 4 aromatic rings. The highest BCUT2D eigenvalue weighted by atomic mass is 19.4. The van der Waals surface area contributed by atoms with Crippen LogP contribution in [-0.4, -0.2) is 43.2 Å². The van der Waals surface area contributed by atoms with Crippen LogP contribution < -0.4 is 4.90 Å². The molecule has 7 rings (SSSR count). The summed E-state index contributed by atoms with van der Waals surface area (Å²) in [6.07, 6.45) is 0.628. The molecule has 1 unspecified atom stereocenters. The van der Waals surface area contributed by atoms with Crippen LogP contribution in [0.25, 0.3) is 16.7 Å². The van der Waals surface area contributed by atoms with Gasteiger partial charge in [-0.15, -0.1) is 0 Å². The summed E-state index contributed by atoms with van der Waals surface area (Å²) in [5, 5.41) is 9.56. The summed E-state index contributed by atoms with van der Waals surface area (Å²) in [6, 6.07) is 11.3. The molecular formula is C26H23F3N6O. The van der Waals surface area contributed by atoms with E-state index in [0.29, 0.717) is 16.6 Å². The predicted octanol–water partition coefficient (Wildman–Crippen LogP) is 5.53. The molecule has 184 valence electrons. The summed E-state index contributed by atoms with van der Waals surface area (Å²) < 4.78 is 43.6. The van der Waals surface area contributed by atoms with Crippen molar-refractivity contribution < 1.29 is 18.0 Å². The van der Waals surface area contributed by atoms with Crippen LogP contribution >= 0.6 is 0 Å². The number of carbonyl (C=O) groups excluding carboxylic acids is 1. The van der Waals surface area contributed by atoms with E-state index < -0.39 is 12.2 Å². The van der Waals surface area contributed by atoms with E-state index in [4.69, 9.17) is 10.1 Å². The van der Waals surface area contributed by atoms with E-state index in [0.717, 1.165) is 47.4 Å². The van der Waals surface area contributed by atoms with Crippen LogP contribution in [0, 0.1) is 0 Å². The van der Waals surface area contributed by atoms with Gasteiger partial charge in [-0.05, 0) is 50.3 Å². The maximum absolute atomic E-state index is 14.1. The molecule has 3 aliphatic rings. The van der Waals surface area contributed by atoms with Gasteiger partial charge < -0.3 is 0 Å². The van der Waals surface area contributed by atoms with E-state index in [-0.39, 0.29) is 36.5 Å². The molecule has 1 amide bonds. The lowest BCUT2D eigenvalue weighted by Crippen LogP contribution is -2.43. The number of hydrogen-bond acceptors (Lipinski definition) is 4. The number of anilines is 1. The van der Waals surface area contributed by atoms with Crippen LogP contribution in [0.1, 0.15) is 71.7 Å². The van der Waals surface area contributed by atoms with Crippen molar-refractivity contribution in [3.05, 3.63) is 65.6 Å². The van der Waals surface area contributed by atoms with E-state index in [1.54, 1.807) is 0 Å². The first-order chi connectivity index (χ1) is 17.4. The Balaban J connectivity index is 1.41. The topological polar surface area (TPSA) is 68.8 Å². The highest BCUT2D eigenvalue weighted by molar-refractivity contribution is 6.14. The molecule has 1 aromatic carbocycles. The number of halogens is 3. The molecule has 36 heavy (non-hydrogen) atoms. The predicted molar refractivity (Wildman–Crippen MR) is 126 cm³/mol. The summed E-state index contributed by atoms with van der Waals surface area (Å²) >= 11 is 0. The number of pyridine rings is 1. The van der Waals surface area contributed by atoms with Crippen molar-refractivity contribution in [2.45, 2.75) is 56.2 Å². The van der Waals surface area contributed by atoms with Gasteiger partial charge in [-0.25, -0.2) is 14.3 Å². The first-order valence-corrected chi connectivity index (χ1v) is 12.3. The normalized spacial score (nSPS) is 20.1. The Bertz CT molecular complexity index is 1480. The van der Waals surface area contributed by atoms with Crippen molar-refractivity contribution in [2.24, 2.45) is 0 Å². The Hall–Kier alpha value is -3.69. The number of benzene rings is 1. The maximum Gasteiger partial charge on any atom is 0.410 e. The molecule has 10 heteroatoms. The third kappa shape index (κ3) is 3.42. The lowest BCUT2D eigenvalue weighted by Gasteiger charge is -2.34. The zero-order valence-electron chi connectivity index (χ0n) is 19.3. The van der Waals surface area contributed by atoms with Crippen molar-refractivity contribution in [3.63, 3.8) is 0 Å². The summed E-state index contributed by atoms with van der Waals surface area (Å²) in [5.74, 6) is 0.362. The van der Waals surface area contributed by atoms with Crippen LogP contribution in [-0.2, 0) is 0 Å². The molecule has 0 saturated heterocycles. The minimum absolute atomic E-state index is 0.0388. The molecule has 2 saturated carbocycles. The van der Waals surface area contributed by atoms with Gasteiger partial charge >= 0.3 is 6.18 Å². The molecule has 0 N–H and O–H groups in total. The number of hydrogen-bond donors (Lipinski definition) is 0. The molecule has 2 fully saturated rings. The minimum Gasteiger partial charge on any atom is -0.293 e. The Morgan fingerprint density at radius 1 is 0.972 bits per heavy atom. The summed E-state index contributed by atoms with van der Waals surface area (Å²) in [7, 11) is 0. The number of amides is 1. The zero-order chi connectivity index (χ0) is 24.6. The lowest BCUT2D eigenvalue weighted by molar-refractivity contribution is -0.172. The first-order valence-electron chi connectivity index (χ1n) is 12.3. The molecule has 3 aromatic heterocycles. The fraction of sp³-hybridized carbons (Fsp3) is 0.385. The van der Waals surface area contributed by atoms with Crippen molar-refractivity contribution in [2.75, 3.05) is 11.4 Å². The number of aromatic nitrogens is 5. The molecule has 0 radical (unpaired) electrons. The smallest absolute Gasteiger partial charge is 0.293 e. The van der Waals surface area contributed by atoms with Gasteiger partial charge in [-0.3, -0.25) is 9.69 Å². The van der Waals surface area contributed by atoms with Gasteiger partial charge in [0.1, 0.15) is 5.82 Å². The largest absolute Gasteiger partial charge is 0.410 e. The fourth-order valence-corrected chi connectivity index (χ4v) is 5.21. The summed E-state index contributed by atoms with van der Waals surface area (Å²) in [4.78, 5) is 20.5. The van der Waals surface area contributed by atoms with Crippen molar-refractivity contribution in [1.29, 1.82) is 0 Å². The van der Waals surface area contributed by atoms with Gasteiger partial charge in [0.2, 0.25) is 0 Å². The van der Waals surface area contributed by atoms with Crippen LogP contribution in [0.4, 0.5) is 19.0 Å². The number of fused-ring (bicyclic) bond motifs is 2. The summed E-state index contributed by atoms with van der Waals surface area (Å²) in [6.45, 7) is -0.0388.